The molecule has 2 N–H and O–H groups in total. The van der Waals surface area contributed by atoms with Crippen LogP contribution < -0.4 is 10.6 Å². The number of hydrogen-bond donors (Lipinski definition) is 2. The molecule has 182 valence electrons. The molecule has 0 spiro atoms. The molecule has 8 heteroatoms. The molecule has 1 unspecified atom stereocenters. The number of carbonyl (C=O) groups is 1. The van der Waals surface area contributed by atoms with Crippen LogP contribution in [-0.4, -0.2) is 61.4 Å². The van der Waals surface area contributed by atoms with Gasteiger partial charge in [0.05, 0.1) is 18.8 Å². The number of piperidine rings is 1. The second-order valence-corrected chi connectivity index (χ2v) is 8.26. The van der Waals surface area contributed by atoms with Crippen molar-refractivity contribution in [2.75, 3.05) is 39.8 Å². The van der Waals surface area contributed by atoms with Crippen LogP contribution in [0.15, 0.2) is 58.1 Å². The number of nitrogens with one attached hydrogen (secondary N) is 2. The van der Waals surface area contributed by atoms with Crippen molar-refractivity contribution in [2.45, 2.75) is 45.2 Å². The van der Waals surface area contributed by atoms with Gasteiger partial charge in [0.15, 0.2) is 5.96 Å². The van der Waals surface area contributed by atoms with E-state index in [0.717, 1.165) is 36.9 Å². The maximum absolute atomic E-state index is 12.5. The number of furan rings is 1. The van der Waals surface area contributed by atoms with Crippen LogP contribution >= 0.6 is 24.0 Å². The molecule has 1 amide bonds. The van der Waals surface area contributed by atoms with Crippen LogP contribution in [0.25, 0.3) is 0 Å². The molecule has 0 aliphatic carbocycles. The van der Waals surface area contributed by atoms with Crippen molar-refractivity contribution < 1.29 is 9.21 Å². The third kappa shape index (κ3) is 9.00. The lowest BCUT2D eigenvalue weighted by Gasteiger charge is -2.32. The summed E-state index contributed by atoms with van der Waals surface area (Å²) in [6, 6.07) is 14.2. The molecule has 0 saturated carbocycles. The summed E-state index contributed by atoms with van der Waals surface area (Å²) in [6.07, 6.45) is 5.88. The average Bonchev–Trinajstić information content (AvgIpc) is 3.35. The van der Waals surface area contributed by atoms with E-state index in [2.05, 4.69) is 15.5 Å². The minimum absolute atomic E-state index is 0. The average molecular weight is 568 g/mol. The van der Waals surface area contributed by atoms with Gasteiger partial charge in [0, 0.05) is 33.1 Å². The maximum atomic E-state index is 12.5. The summed E-state index contributed by atoms with van der Waals surface area (Å²) in [7, 11) is 1.85. The topological polar surface area (TPSA) is 73.1 Å². The van der Waals surface area contributed by atoms with Crippen LogP contribution in [0.5, 0.6) is 0 Å². The van der Waals surface area contributed by atoms with E-state index in [9.17, 15) is 4.79 Å². The predicted molar refractivity (Wildman–Crippen MR) is 144 cm³/mol. The minimum Gasteiger partial charge on any atom is -0.468 e. The first-order valence-corrected chi connectivity index (χ1v) is 11.7. The lowest BCUT2D eigenvalue weighted by Crippen LogP contribution is -2.41. The molecule has 0 bridgehead atoms. The smallest absolute Gasteiger partial charge is 0.224 e. The Kier molecular flexibility index (Phi) is 12.3. The number of aliphatic imine (C=N–C) groups is 1. The van der Waals surface area contributed by atoms with Crippen molar-refractivity contribution in [1.29, 1.82) is 0 Å². The number of likely N-dealkylation sites (tertiary alicyclic amines) is 1. The van der Waals surface area contributed by atoms with E-state index >= 15 is 0 Å². The minimum atomic E-state index is 0. The van der Waals surface area contributed by atoms with Crippen LogP contribution in [0.4, 0.5) is 0 Å². The molecule has 1 atom stereocenters. The van der Waals surface area contributed by atoms with Crippen LogP contribution in [0.1, 0.15) is 50.0 Å². The molecule has 33 heavy (non-hydrogen) atoms. The van der Waals surface area contributed by atoms with Gasteiger partial charge in [-0.2, -0.15) is 0 Å². The Balaban J connectivity index is 0.00000385. The Hall–Kier alpha value is -2.07. The van der Waals surface area contributed by atoms with Gasteiger partial charge in [-0.25, -0.2) is 0 Å². The van der Waals surface area contributed by atoms with E-state index in [1.165, 1.54) is 19.3 Å². The van der Waals surface area contributed by atoms with Crippen molar-refractivity contribution >= 4 is 35.8 Å². The van der Waals surface area contributed by atoms with Crippen molar-refractivity contribution in [2.24, 2.45) is 4.99 Å². The van der Waals surface area contributed by atoms with Crippen LogP contribution in [-0.2, 0) is 11.3 Å². The normalized spacial score (nSPS) is 15.4. The number of carbonyl (C=O) groups excluding carboxylic acids is 1. The molecule has 7 nitrogen and oxygen atoms in total. The highest BCUT2D eigenvalue weighted by atomic mass is 127. The van der Waals surface area contributed by atoms with Gasteiger partial charge >= 0.3 is 0 Å². The van der Waals surface area contributed by atoms with Crippen LogP contribution in [0.3, 0.4) is 0 Å². The van der Waals surface area contributed by atoms with E-state index in [4.69, 9.17) is 9.41 Å². The first kappa shape index (κ1) is 27.2. The molecular weight excluding hydrogens is 529 g/mol. The van der Waals surface area contributed by atoms with Crippen molar-refractivity contribution in [1.82, 2.24) is 20.4 Å². The second kappa shape index (κ2) is 15.0. The highest BCUT2D eigenvalue weighted by Gasteiger charge is 2.24. The van der Waals surface area contributed by atoms with E-state index < -0.39 is 0 Å². The fourth-order valence-corrected chi connectivity index (χ4v) is 4.04. The zero-order valence-corrected chi connectivity index (χ0v) is 22.2. The number of nitrogens with zero attached hydrogens (tertiary/aromatic N) is 3. The molecule has 2 aromatic rings. The Morgan fingerprint density at radius 2 is 1.88 bits per heavy atom. The summed E-state index contributed by atoms with van der Waals surface area (Å²) >= 11 is 0. The first-order valence-electron chi connectivity index (χ1n) is 11.7. The quantitative estimate of drug-likeness (QED) is 0.258. The summed E-state index contributed by atoms with van der Waals surface area (Å²) in [5.41, 5.74) is 1.13. The SMILES string of the molecule is CCNC(=NCC(c1ccco1)N1CCCCC1)NCCC(=O)N(C)Cc1ccccc1.I. The van der Waals surface area contributed by atoms with E-state index in [1.54, 1.807) is 11.2 Å². The molecule has 1 saturated heterocycles. The summed E-state index contributed by atoms with van der Waals surface area (Å²) in [6.45, 7) is 6.74. The van der Waals surface area contributed by atoms with Gasteiger partial charge < -0.3 is 20.0 Å². The van der Waals surface area contributed by atoms with Crippen molar-refractivity contribution in [3.8, 4) is 0 Å². The first-order chi connectivity index (χ1) is 15.7. The molecule has 0 radical (unpaired) electrons. The maximum Gasteiger partial charge on any atom is 0.224 e. The summed E-state index contributed by atoms with van der Waals surface area (Å²) in [4.78, 5) is 21.6. The lowest BCUT2D eigenvalue weighted by molar-refractivity contribution is -0.130. The van der Waals surface area contributed by atoms with E-state index in [-0.39, 0.29) is 35.9 Å². The van der Waals surface area contributed by atoms with E-state index in [0.29, 0.717) is 26.1 Å². The highest BCUT2D eigenvalue weighted by molar-refractivity contribution is 14.0. The molecule has 2 heterocycles. The number of hydrogen-bond acceptors (Lipinski definition) is 4. The number of guanidine groups is 1. The van der Waals surface area contributed by atoms with Gasteiger partial charge in [-0.1, -0.05) is 36.8 Å². The number of amides is 1. The summed E-state index contributed by atoms with van der Waals surface area (Å²) < 4.78 is 5.73. The van der Waals surface area contributed by atoms with Gasteiger partial charge in [-0.15, -0.1) is 24.0 Å². The van der Waals surface area contributed by atoms with Gasteiger partial charge in [0.2, 0.25) is 5.91 Å². The molecule has 1 fully saturated rings. The van der Waals surface area contributed by atoms with Crippen molar-refractivity contribution in [3.05, 3.63) is 60.1 Å². The zero-order chi connectivity index (χ0) is 22.6. The number of rotatable bonds is 10. The molecule has 1 aliphatic rings. The number of benzene rings is 1. The van der Waals surface area contributed by atoms with Crippen LogP contribution in [0.2, 0.25) is 0 Å². The predicted octanol–water partition coefficient (Wildman–Crippen LogP) is 4.03. The standard InChI is InChI=1S/C25H37N5O2.HI/c1-3-26-25(27-15-14-24(31)29(2)20-21-11-6-4-7-12-21)28-19-22(23-13-10-18-32-23)30-16-8-5-9-17-30;/h4,6-7,10-13,18,22H,3,5,8-9,14-17,19-20H2,1-2H3,(H2,26,27,28);1H. The second-order valence-electron chi connectivity index (χ2n) is 8.26. The zero-order valence-electron chi connectivity index (χ0n) is 19.8. The van der Waals surface area contributed by atoms with E-state index in [1.807, 2.05) is 56.4 Å². The largest absolute Gasteiger partial charge is 0.468 e. The Bertz CT molecular complexity index is 823. The van der Waals surface area contributed by atoms with Crippen LogP contribution in [0, 0.1) is 0 Å². The molecule has 1 aliphatic heterocycles. The Morgan fingerprint density at radius 3 is 2.55 bits per heavy atom. The third-order valence-corrected chi connectivity index (χ3v) is 5.79. The van der Waals surface area contributed by atoms with Gasteiger partial charge in [-0.3, -0.25) is 14.7 Å². The highest BCUT2D eigenvalue weighted by Crippen LogP contribution is 2.25. The fourth-order valence-electron chi connectivity index (χ4n) is 4.04. The van der Waals surface area contributed by atoms with Gasteiger partial charge in [0.1, 0.15) is 5.76 Å². The Labute approximate surface area is 215 Å². The summed E-state index contributed by atoms with van der Waals surface area (Å²) in [5.74, 6) is 1.81. The summed E-state index contributed by atoms with van der Waals surface area (Å²) in [5, 5.41) is 6.61. The molecular formula is C25H38IN5O2. The lowest BCUT2D eigenvalue weighted by atomic mass is 10.1. The molecule has 1 aromatic carbocycles. The van der Waals surface area contributed by atoms with Gasteiger partial charge in [-0.05, 0) is 50.6 Å². The Morgan fingerprint density at radius 1 is 1.12 bits per heavy atom. The third-order valence-electron chi connectivity index (χ3n) is 5.79. The van der Waals surface area contributed by atoms with Gasteiger partial charge in [0.25, 0.3) is 0 Å². The molecule has 3 rings (SSSR count). The fraction of sp³-hybridized carbons (Fsp3) is 0.520. The number of halogens is 1. The monoisotopic (exact) mass is 567 g/mol. The van der Waals surface area contributed by atoms with Crippen molar-refractivity contribution in [3.63, 3.8) is 0 Å². The molecule has 1 aromatic heterocycles.